The Morgan fingerprint density at radius 3 is 2.41 bits per heavy atom. The summed E-state index contributed by atoms with van der Waals surface area (Å²) in [6.07, 6.45) is 3.50. The number of carbonyl (C=O) groups is 1. The van der Waals surface area contributed by atoms with Crippen LogP contribution in [0.1, 0.15) is 32.6 Å². The number of likely N-dealkylation sites (N-methyl/N-ethyl adjacent to an activating group) is 1. The first-order chi connectivity index (χ1) is 13.7. The van der Waals surface area contributed by atoms with E-state index in [2.05, 4.69) is 6.92 Å². The molecule has 2 aliphatic rings. The van der Waals surface area contributed by atoms with E-state index in [-0.39, 0.29) is 28.7 Å². The normalized spacial score (nSPS) is 18.8. The van der Waals surface area contributed by atoms with Crippen molar-refractivity contribution in [3.63, 3.8) is 0 Å². The van der Waals surface area contributed by atoms with Gasteiger partial charge in [0, 0.05) is 39.3 Å². The smallest absolute Gasteiger partial charge is 0.293 e. The van der Waals surface area contributed by atoms with Crippen molar-refractivity contribution in [1.29, 1.82) is 0 Å². The molecule has 0 spiro atoms. The van der Waals surface area contributed by atoms with Gasteiger partial charge in [-0.1, -0.05) is 6.92 Å². The molecule has 0 aliphatic carbocycles. The number of nitrogens with zero attached hydrogens (tertiary/aromatic N) is 4. The average Bonchev–Trinajstić information content (AvgIpc) is 3.22. The molecule has 0 saturated carbocycles. The van der Waals surface area contributed by atoms with Crippen LogP contribution in [0, 0.1) is 16.0 Å². The van der Waals surface area contributed by atoms with Crippen LogP contribution in [0.15, 0.2) is 23.1 Å². The lowest BCUT2D eigenvalue weighted by Gasteiger charge is -2.29. The Hall–Kier alpha value is -2.20. The van der Waals surface area contributed by atoms with Crippen molar-refractivity contribution in [1.82, 2.24) is 9.21 Å². The highest BCUT2D eigenvalue weighted by molar-refractivity contribution is 7.89. The zero-order valence-electron chi connectivity index (χ0n) is 16.9. The molecule has 1 aromatic rings. The van der Waals surface area contributed by atoms with Crippen LogP contribution in [0.2, 0.25) is 0 Å². The van der Waals surface area contributed by atoms with Gasteiger partial charge in [0.1, 0.15) is 5.69 Å². The number of rotatable bonds is 6. The molecule has 0 unspecified atom stereocenters. The van der Waals surface area contributed by atoms with Gasteiger partial charge >= 0.3 is 0 Å². The fourth-order valence-corrected chi connectivity index (χ4v) is 5.35. The summed E-state index contributed by atoms with van der Waals surface area (Å²) < 4.78 is 27.3. The summed E-state index contributed by atoms with van der Waals surface area (Å²) in [4.78, 5) is 26.6. The van der Waals surface area contributed by atoms with Gasteiger partial charge in [0.25, 0.3) is 5.69 Å². The monoisotopic (exact) mass is 424 g/mol. The zero-order valence-corrected chi connectivity index (χ0v) is 17.7. The number of nitro benzene ring substituents is 1. The molecule has 2 fully saturated rings. The van der Waals surface area contributed by atoms with Gasteiger partial charge < -0.3 is 9.80 Å². The number of benzene rings is 1. The molecule has 2 saturated heterocycles. The first kappa shape index (κ1) is 21.5. The molecule has 0 bridgehead atoms. The van der Waals surface area contributed by atoms with Gasteiger partial charge in [0.15, 0.2) is 0 Å². The number of piperidine rings is 1. The second kappa shape index (κ2) is 8.66. The van der Waals surface area contributed by atoms with Crippen molar-refractivity contribution in [2.45, 2.75) is 37.5 Å². The Balaban J connectivity index is 1.83. The van der Waals surface area contributed by atoms with Crippen molar-refractivity contribution in [3.8, 4) is 0 Å². The van der Waals surface area contributed by atoms with Crippen LogP contribution >= 0.6 is 0 Å². The van der Waals surface area contributed by atoms with Gasteiger partial charge in [-0.2, -0.15) is 4.31 Å². The van der Waals surface area contributed by atoms with Crippen LogP contribution in [0.3, 0.4) is 0 Å². The molecule has 10 heteroatoms. The Bertz CT molecular complexity index is 875. The third kappa shape index (κ3) is 4.69. The highest BCUT2D eigenvalue weighted by Gasteiger charge is 2.31. The molecule has 2 aliphatic heterocycles. The van der Waals surface area contributed by atoms with Gasteiger partial charge in [-0.25, -0.2) is 8.42 Å². The quantitative estimate of drug-likeness (QED) is 0.511. The number of hydrogen-bond donors (Lipinski definition) is 0. The molecule has 0 aromatic heterocycles. The molecule has 0 N–H and O–H groups in total. The van der Waals surface area contributed by atoms with Gasteiger partial charge in [-0.15, -0.1) is 0 Å². The van der Waals surface area contributed by atoms with Crippen LogP contribution < -0.4 is 4.90 Å². The minimum atomic E-state index is -3.78. The summed E-state index contributed by atoms with van der Waals surface area (Å²) in [6, 6.07) is 3.93. The molecular formula is C19H28N4O5S. The van der Waals surface area contributed by atoms with E-state index in [1.54, 1.807) is 11.9 Å². The van der Waals surface area contributed by atoms with Crippen molar-refractivity contribution in [2.24, 2.45) is 5.92 Å². The first-order valence-corrected chi connectivity index (χ1v) is 11.4. The molecule has 3 rings (SSSR count). The third-order valence-corrected chi connectivity index (χ3v) is 7.66. The van der Waals surface area contributed by atoms with Gasteiger partial charge in [0.2, 0.25) is 15.9 Å². The number of nitro groups is 1. The molecular weight excluding hydrogens is 396 g/mol. The number of amides is 1. The van der Waals surface area contributed by atoms with E-state index in [0.29, 0.717) is 32.1 Å². The van der Waals surface area contributed by atoms with Crippen LogP contribution in [0.25, 0.3) is 0 Å². The van der Waals surface area contributed by atoms with E-state index >= 15 is 0 Å². The van der Waals surface area contributed by atoms with E-state index < -0.39 is 14.9 Å². The van der Waals surface area contributed by atoms with E-state index in [9.17, 15) is 23.3 Å². The molecule has 29 heavy (non-hydrogen) atoms. The minimum absolute atomic E-state index is 0.0109. The second-order valence-electron chi connectivity index (χ2n) is 7.94. The Morgan fingerprint density at radius 2 is 1.83 bits per heavy atom. The minimum Gasteiger partial charge on any atom is -0.360 e. The Morgan fingerprint density at radius 1 is 1.21 bits per heavy atom. The highest BCUT2D eigenvalue weighted by Crippen LogP contribution is 2.32. The lowest BCUT2D eigenvalue weighted by Crippen LogP contribution is -2.38. The van der Waals surface area contributed by atoms with Crippen molar-refractivity contribution >= 4 is 27.3 Å². The number of anilines is 1. The summed E-state index contributed by atoms with van der Waals surface area (Å²) in [7, 11) is -2.18. The highest BCUT2D eigenvalue weighted by atomic mass is 32.2. The molecule has 9 nitrogen and oxygen atoms in total. The number of carbonyl (C=O) groups excluding carboxylic acids is 1. The fourth-order valence-electron chi connectivity index (χ4n) is 3.86. The van der Waals surface area contributed by atoms with Crippen molar-refractivity contribution in [2.75, 3.05) is 44.7 Å². The maximum Gasteiger partial charge on any atom is 0.293 e. The topological polar surface area (TPSA) is 104 Å². The number of likely N-dealkylation sites (tertiary alicyclic amines) is 1. The largest absolute Gasteiger partial charge is 0.360 e. The maximum absolute atomic E-state index is 12.9. The zero-order chi connectivity index (χ0) is 21.2. The summed E-state index contributed by atoms with van der Waals surface area (Å²) >= 11 is 0. The molecule has 2 heterocycles. The van der Waals surface area contributed by atoms with Crippen LogP contribution in [-0.4, -0.2) is 68.2 Å². The van der Waals surface area contributed by atoms with E-state index in [4.69, 9.17) is 0 Å². The van der Waals surface area contributed by atoms with Crippen molar-refractivity contribution in [3.05, 3.63) is 28.3 Å². The SMILES string of the molecule is CC1CCN(S(=O)(=O)c2ccc(N(C)CC(=O)N3CCCC3)c([N+](=O)[O-])c2)CC1. The summed E-state index contributed by atoms with van der Waals surface area (Å²) in [5.41, 5.74) is -0.0815. The summed E-state index contributed by atoms with van der Waals surface area (Å²) in [5, 5.41) is 11.6. The molecule has 1 aromatic carbocycles. The maximum atomic E-state index is 12.9. The van der Waals surface area contributed by atoms with Crippen LogP contribution in [0.4, 0.5) is 11.4 Å². The Labute approximate surface area is 171 Å². The predicted molar refractivity (Wildman–Crippen MR) is 109 cm³/mol. The molecule has 1 amide bonds. The second-order valence-corrected chi connectivity index (χ2v) is 9.88. The van der Waals surface area contributed by atoms with Gasteiger partial charge in [-0.05, 0) is 43.7 Å². The lowest BCUT2D eigenvalue weighted by atomic mass is 10.0. The summed E-state index contributed by atoms with van der Waals surface area (Å²) in [5.74, 6) is 0.387. The number of sulfonamides is 1. The van der Waals surface area contributed by atoms with Gasteiger partial charge in [0.05, 0.1) is 16.4 Å². The lowest BCUT2D eigenvalue weighted by molar-refractivity contribution is -0.384. The molecule has 0 atom stereocenters. The fraction of sp³-hybridized carbons (Fsp3) is 0.632. The van der Waals surface area contributed by atoms with Crippen LogP contribution in [0.5, 0.6) is 0 Å². The predicted octanol–water partition coefficient (Wildman–Crippen LogP) is 2.07. The van der Waals surface area contributed by atoms with Crippen molar-refractivity contribution < 1.29 is 18.1 Å². The average molecular weight is 425 g/mol. The van der Waals surface area contributed by atoms with E-state index in [1.807, 2.05) is 0 Å². The summed E-state index contributed by atoms with van der Waals surface area (Å²) in [6.45, 7) is 4.35. The standard InChI is InChI=1S/C19H28N4O5S/c1-15-7-11-22(12-8-15)29(27,28)16-5-6-17(18(13-16)23(25)26)20(2)14-19(24)21-9-3-4-10-21/h5-6,13,15H,3-4,7-12,14H2,1-2H3. The van der Waals surface area contributed by atoms with Crippen LogP contribution in [-0.2, 0) is 14.8 Å². The van der Waals surface area contributed by atoms with E-state index in [1.165, 1.54) is 21.3 Å². The third-order valence-electron chi connectivity index (χ3n) is 5.77. The first-order valence-electron chi connectivity index (χ1n) is 9.97. The van der Waals surface area contributed by atoms with E-state index in [0.717, 1.165) is 31.7 Å². The van der Waals surface area contributed by atoms with Gasteiger partial charge in [-0.3, -0.25) is 14.9 Å². The molecule has 160 valence electrons. The molecule has 0 radical (unpaired) electrons. The Kier molecular flexibility index (Phi) is 6.42. The number of hydrogen-bond acceptors (Lipinski definition) is 6.